The van der Waals surface area contributed by atoms with Crippen LogP contribution in [0.25, 0.3) is 5.69 Å². The molecule has 0 saturated carbocycles. The molecule has 17 heavy (non-hydrogen) atoms. The molecule has 0 unspecified atom stereocenters. The van der Waals surface area contributed by atoms with Gasteiger partial charge in [0.15, 0.2) is 0 Å². The predicted octanol–water partition coefficient (Wildman–Crippen LogP) is 2.19. The summed E-state index contributed by atoms with van der Waals surface area (Å²) in [6.45, 7) is 0. The van der Waals surface area contributed by atoms with Gasteiger partial charge in [-0.2, -0.15) is 0 Å². The number of halogens is 1. The first-order valence-electron chi connectivity index (χ1n) is 4.80. The molecule has 2 rings (SSSR count). The third kappa shape index (κ3) is 2.37. The van der Waals surface area contributed by atoms with E-state index in [1.807, 2.05) is 0 Å². The number of carboxylic acid groups (broad SMARTS) is 1. The average Bonchev–Trinajstić information content (AvgIpc) is 2.30. The van der Waals surface area contributed by atoms with Gasteiger partial charge in [-0.25, -0.2) is 4.79 Å². The Kier molecular flexibility index (Phi) is 2.97. The molecule has 1 aromatic heterocycles. The van der Waals surface area contributed by atoms with Crippen LogP contribution in [0.1, 0.15) is 10.4 Å². The van der Waals surface area contributed by atoms with Crippen LogP contribution >= 0.6 is 11.6 Å². The molecule has 0 atom stereocenters. The lowest BCUT2D eigenvalue weighted by atomic mass is 10.2. The predicted molar refractivity (Wildman–Crippen MR) is 64.0 cm³/mol. The van der Waals surface area contributed by atoms with Gasteiger partial charge in [-0.15, -0.1) is 0 Å². The van der Waals surface area contributed by atoms with Crippen LogP contribution in [-0.4, -0.2) is 15.6 Å². The van der Waals surface area contributed by atoms with Gasteiger partial charge < -0.3 is 5.11 Å². The molecule has 86 valence electrons. The summed E-state index contributed by atoms with van der Waals surface area (Å²) in [5, 5.41) is 9.31. The fourth-order valence-electron chi connectivity index (χ4n) is 1.43. The number of hydrogen-bond donors (Lipinski definition) is 1. The third-order valence-corrected chi connectivity index (χ3v) is 2.52. The molecule has 0 aliphatic heterocycles. The van der Waals surface area contributed by atoms with Crippen molar-refractivity contribution in [3.63, 3.8) is 0 Å². The average molecular weight is 250 g/mol. The van der Waals surface area contributed by atoms with Crippen LogP contribution in [-0.2, 0) is 0 Å². The summed E-state index contributed by atoms with van der Waals surface area (Å²) in [6.07, 6.45) is 1.43. The van der Waals surface area contributed by atoms with Crippen molar-refractivity contribution < 1.29 is 9.90 Å². The summed E-state index contributed by atoms with van der Waals surface area (Å²) in [5.74, 6) is -1.12. The molecule has 2 aromatic rings. The Morgan fingerprint density at radius 1 is 1.18 bits per heavy atom. The van der Waals surface area contributed by atoms with E-state index in [9.17, 15) is 9.59 Å². The third-order valence-electron chi connectivity index (χ3n) is 2.27. The van der Waals surface area contributed by atoms with E-state index in [1.54, 1.807) is 24.3 Å². The second kappa shape index (κ2) is 4.43. The molecule has 0 radical (unpaired) electrons. The maximum absolute atomic E-state index is 11.7. The van der Waals surface area contributed by atoms with Crippen LogP contribution in [0.3, 0.4) is 0 Å². The van der Waals surface area contributed by atoms with Crippen molar-refractivity contribution >= 4 is 17.6 Å². The molecule has 5 heteroatoms. The lowest BCUT2D eigenvalue weighted by Crippen LogP contribution is -2.18. The molecule has 0 amide bonds. The van der Waals surface area contributed by atoms with E-state index in [-0.39, 0.29) is 5.56 Å². The van der Waals surface area contributed by atoms with Crippen LogP contribution in [0.15, 0.2) is 47.4 Å². The summed E-state index contributed by atoms with van der Waals surface area (Å²) in [4.78, 5) is 22.4. The SMILES string of the molecule is O=C(O)c1ccn(-c2ccc(Cl)cc2)c(=O)c1. The lowest BCUT2D eigenvalue weighted by Gasteiger charge is -2.05. The minimum Gasteiger partial charge on any atom is -0.478 e. The summed E-state index contributed by atoms with van der Waals surface area (Å²) < 4.78 is 1.35. The van der Waals surface area contributed by atoms with Crippen LogP contribution in [0.4, 0.5) is 0 Å². The Morgan fingerprint density at radius 2 is 1.82 bits per heavy atom. The fourth-order valence-corrected chi connectivity index (χ4v) is 1.55. The molecule has 0 saturated heterocycles. The molecule has 1 heterocycles. The van der Waals surface area contributed by atoms with Crippen LogP contribution < -0.4 is 5.56 Å². The molecular formula is C12H8ClNO3. The number of aromatic nitrogens is 1. The van der Waals surface area contributed by atoms with Gasteiger partial charge in [0.1, 0.15) is 0 Å². The molecule has 0 fully saturated rings. The van der Waals surface area contributed by atoms with Gasteiger partial charge in [-0.3, -0.25) is 9.36 Å². The zero-order valence-corrected chi connectivity index (χ0v) is 9.39. The molecular weight excluding hydrogens is 242 g/mol. The second-order valence-corrected chi connectivity index (χ2v) is 3.84. The fraction of sp³-hybridized carbons (Fsp3) is 0. The van der Waals surface area contributed by atoms with E-state index in [4.69, 9.17) is 16.7 Å². The molecule has 1 N–H and O–H groups in total. The maximum atomic E-state index is 11.7. The Morgan fingerprint density at radius 3 is 2.35 bits per heavy atom. The van der Waals surface area contributed by atoms with E-state index < -0.39 is 11.5 Å². The van der Waals surface area contributed by atoms with Crippen molar-refractivity contribution in [1.29, 1.82) is 0 Å². The summed E-state index contributed by atoms with van der Waals surface area (Å²) in [7, 11) is 0. The highest BCUT2D eigenvalue weighted by atomic mass is 35.5. The first kappa shape index (κ1) is 11.4. The first-order valence-corrected chi connectivity index (χ1v) is 5.17. The van der Waals surface area contributed by atoms with E-state index >= 15 is 0 Å². The number of rotatable bonds is 2. The number of hydrogen-bond acceptors (Lipinski definition) is 2. The highest BCUT2D eigenvalue weighted by Gasteiger charge is 2.05. The Balaban J connectivity index is 2.50. The van der Waals surface area contributed by atoms with E-state index in [1.165, 1.54) is 16.8 Å². The minimum absolute atomic E-state index is 0.0276. The van der Waals surface area contributed by atoms with Crippen molar-refractivity contribution in [2.45, 2.75) is 0 Å². The van der Waals surface area contributed by atoms with Gasteiger partial charge in [0.25, 0.3) is 5.56 Å². The summed E-state index contributed by atoms with van der Waals surface area (Å²) >= 11 is 5.74. The molecule has 4 nitrogen and oxygen atoms in total. The van der Waals surface area contributed by atoms with Crippen LogP contribution in [0.2, 0.25) is 5.02 Å². The number of aromatic carboxylic acids is 1. The molecule has 1 aromatic carbocycles. The van der Waals surface area contributed by atoms with Gasteiger partial charge in [0.2, 0.25) is 0 Å². The number of pyridine rings is 1. The monoisotopic (exact) mass is 249 g/mol. The van der Waals surface area contributed by atoms with Crippen molar-refractivity contribution in [2.75, 3.05) is 0 Å². The van der Waals surface area contributed by atoms with E-state index in [2.05, 4.69) is 0 Å². The minimum atomic E-state index is -1.12. The Labute approximate surface area is 102 Å². The smallest absolute Gasteiger partial charge is 0.335 e. The topological polar surface area (TPSA) is 59.3 Å². The van der Waals surface area contributed by atoms with E-state index in [0.29, 0.717) is 10.7 Å². The van der Waals surface area contributed by atoms with Crippen molar-refractivity contribution in [1.82, 2.24) is 4.57 Å². The van der Waals surface area contributed by atoms with Gasteiger partial charge in [-0.05, 0) is 30.3 Å². The molecule has 0 spiro atoms. The normalized spacial score (nSPS) is 10.2. The summed E-state index contributed by atoms with van der Waals surface area (Å²) in [5.41, 5.74) is 0.212. The van der Waals surface area contributed by atoms with Crippen molar-refractivity contribution in [2.24, 2.45) is 0 Å². The second-order valence-electron chi connectivity index (χ2n) is 3.41. The number of carboxylic acids is 1. The van der Waals surface area contributed by atoms with E-state index in [0.717, 1.165) is 6.07 Å². The summed E-state index contributed by atoms with van der Waals surface area (Å²) in [6, 6.07) is 9.15. The van der Waals surface area contributed by atoms with Gasteiger partial charge in [-0.1, -0.05) is 11.6 Å². The highest BCUT2D eigenvalue weighted by Crippen LogP contribution is 2.12. The van der Waals surface area contributed by atoms with Gasteiger partial charge in [0, 0.05) is 23.0 Å². The van der Waals surface area contributed by atoms with Crippen LogP contribution in [0.5, 0.6) is 0 Å². The first-order chi connectivity index (χ1) is 8.08. The van der Waals surface area contributed by atoms with Crippen LogP contribution in [0, 0.1) is 0 Å². The molecule has 0 aliphatic carbocycles. The standard InChI is InChI=1S/C12H8ClNO3/c13-9-1-3-10(4-2-9)14-6-5-8(12(16)17)7-11(14)15/h1-7H,(H,16,17). The van der Waals surface area contributed by atoms with Gasteiger partial charge in [0.05, 0.1) is 5.56 Å². The Hall–Kier alpha value is -2.07. The number of carbonyl (C=O) groups is 1. The van der Waals surface area contributed by atoms with Gasteiger partial charge >= 0.3 is 5.97 Å². The lowest BCUT2D eigenvalue weighted by molar-refractivity contribution is 0.0696. The highest BCUT2D eigenvalue weighted by molar-refractivity contribution is 6.30. The van der Waals surface area contributed by atoms with Crippen molar-refractivity contribution in [3.05, 3.63) is 63.5 Å². The molecule has 0 aliphatic rings. The zero-order valence-electron chi connectivity index (χ0n) is 8.63. The Bertz CT molecular complexity index is 616. The quantitative estimate of drug-likeness (QED) is 0.888. The zero-order chi connectivity index (χ0) is 12.4. The largest absolute Gasteiger partial charge is 0.478 e. The number of nitrogens with zero attached hydrogens (tertiary/aromatic N) is 1. The number of benzene rings is 1. The maximum Gasteiger partial charge on any atom is 0.335 e. The molecule has 0 bridgehead atoms. The van der Waals surface area contributed by atoms with Crippen molar-refractivity contribution in [3.8, 4) is 5.69 Å².